The van der Waals surface area contributed by atoms with Crippen LogP contribution >= 0.6 is 12.2 Å². The summed E-state index contributed by atoms with van der Waals surface area (Å²) >= 11 is 5.17. The average molecular weight is 303 g/mol. The lowest BCUT2D eigenvalue weighted by molar-refractivity contribution is -0.384. The molecule has 108 valence electrons. The summed E-state index contributed by atoms with van der Waals surface area (Å²) in [5.74, 6) is 0.0651. The van der Waals surface area contributed by atoms with E-state index in [0.29, 0.717) is 22.7 Å². The summed E-state index contributed by atoms with van der Waals surface area (Å²) in [4.78, 5) is 22.7. The SMILES string of the molecule is O=C1CCCC2=C1C(c1cccc([N+](=O)[O-])c1)NC(=S)N2. The number of nitrogens with zero attached hydrogens (tertiary/aromatic N) is 1. The number of thiocarbonyl (C=S) groups is 1. The van der Waals surface area contributed by atoms with E-state index in [1.165, 1.54) is 12.1 Å². The Labute approximate surface area is 126 Å². The molecule has 2 N–H and O–H groups in total. The second kappa shape index (κ2) is 5.25. The molecule has 0 saturated heterocycles. The van der Waals surface area contributed by atoms with E-state index in [1.807, 2.05) is 0 Å². The molecule has 1 unspecified atom stereocenters. The number of nitro benzene ring substituents is 1. The van der Waals surface area contributed by atoms with Gasteiger partial charge in [0.1, 0.15) is 0 Å². The maximum Gasteiger partial charge on any atom is 0.269 e. The highest BCUT2D eigenvalue weighted by Crippen LogP contribution is 2.34. The number of allylic oxidation sites excluding steroid dienone is 1. The minimum absolute atomic E-state index is 0.00385. The van der Waals surface area contributed by atoms with Crippen molar-refractivity contribution in [2.45, 2.75) is 25.3 Å². The summed E-state index contributed by atoms with van der Waals surface area (Å²) in [5, 5.41) is 17.4. The number of non-ortho nitro benzene ring substituents is 1. The van der Waals surface area contributed by atoms with Gasteiger partial charge in [-0.3, -0.25) is 14.9 Å². The molecule has 1 aromatic carbocycles. The first-order valence-corrected chi connectivity index (χ1v) is 7.05. The molecule has 0 radical (unpaired) electrons. The average Bonchev–Trinajstić information content (AvgIpc) is 2.46. The number of Topliss-reactive ketones (excluding diaryl/α,β-unsaturated/α-hetero) is 1. The Kier molecular flexibility index (Phi) is 3.42. The molecule has 0 saturated carbocycles. The Hall–Kier alpha value is -2.28. The molecule has 3 rings (SSSR count). The van der Waals surface area contributed by atoms with E-state index in [1.54, 1.807) is 12.1 Å². The summed E-state index contributed by atoms with van der Waals surface area (Å²) in [6, 6.07) is 5.89. The molecule has 2 aliphatic rings. The van der Waals surface area contributed by atoms with Gasteiger partial charge in [-0.05, 0) is 30.6 Å². The highest BCUT2D eigenvalue weighted by Gasteiger charge is 2.33. The van der Waals surface area contributed by atoms with Crippen LogP contribution in [0.2, 0.25) is 0 Å². The minimum atomic E-state index is -0.444. The van der Waals surface area contributed by atoms with Gasteiger partial charge in [0, 0.05) is 29.8 Å². The fourth-order valence-electron chi connectivity index (χ4n) is 2.77. The topological polar surface area (TPSA) is 84.3 Å². The van der Waals surface area contributed by atoms with Crippen molar-refractivity contribution >= 4 is 28.8 Å². The van der Waals surface area contributed by atoms with Gasteiger partial charge in [0.25, 0.3) is 5.69 Å². The van der Waals surface area contributed by atoms with Crippen LogP contribution in [-0.2, 0) is 4.79 Å². The Bertz CT molecular complexity index is 684. The second-order valence-electron chi connectivity index (χ2n) is 5.05. The zero-order valence-corrected chi connectivity index (χ0v) is 11.9. The molecule has 1 aromatic rings. The van der Waals surface area contributed by atoms with Gasteiger partial charge >= 0.3 is 0 Å². The number of hydrogen-bond donors (Lipinski definition) is 2. The van der Waals surface area contributed by atoms with E-state index in [4.69, 9.17) is 12.2 Å². The zero-order valence-electron chi connectivity index (χ0n) is 11.1. The predicted molar refractivity (Wildman–Crippen MR) is 80.6 cm³/mol. The molecule has 0 fully saturated rings. The molecule has 0 amide bonds. The molecule has 6 nitrogen and oxygen atoms in total. The quantitative estimate of drug-likeness (QED) is 0.494. The molecular formula is C14H13N3O3S. The lowest BCUT2D eigenvalue weighted by Crippen LogP contribution is -2.46. The Morgan fingerprint density at radius 1 is 1.33 bits per heavy atom. The van der Waals surface area contributed by atoms with Crippen molar-refractivity contribution < 1.29 is 9.72 Å². The zero-order chi connectivity index (χ0) is 15.0. The number of carbonyl (C=O) groups excluding carboxylic acids is 1. The number of nitrogens with one attached hydrogen (secondary N) is 2. The van der Waals surface area contributed by atoms with E-state index in [2.05, 4.69) is 10.6 Å². The summed E-state index contributed by atoms with van der Waals surface area (Å²) in [6.45, 7) is 0. The number of nitro groups is 1. The summed E-state index contributed by atoms with van der Waals surface area (Å²) in [7, 11) is 0. The first kappa shape index (κ1) is 13.7. The molecule has 7 heteroatoms. The third-order valence-corrected chi connectivity index (χ3v) is 3.92. The fraction of sp³-hybridized carbons (Fsp3) is 0.286. The third kappa shape index (κ3) is 2.52. The monoisotopic (exact) mass is 303 g/mol. The molecule has 0 aromatic heterocycles. The highest BCUT2D eigenvalue weighted by molar-refractivity contribution is 7.80. The molecule has 1 aliphatic carbocycles. The Balaban J connectivity index is 2.07. The van der Waals surface area contributed by atoms with Crippen molar-refractivity contribution in [3.63, 3.8) is 0 Å². The van der Waals surface area contributed by atoms with Crippen LogP contribution in [0.1, 0.15) is 30.9 Å². The van der Waals surface area contributed by atoms with Gasteiger partial charge < -0.3 is 10.6 Å². The summed E-state index contributed by atoms with van der Waals surface area (Å²) in [6.07, 6.45) is 2.07. The van der Waals surface area contributed by atoms with Crippen LogP contribution in [0.3, 0.4) is 0 Å². The number of benzene rings is 1. The molecular weight excluding hydrogens is 290 g/mol. The largest absolute Gasteiger partial charge is 0.351 e. The van der Waals surface area contributed by atoms with Gasteiger partial charge in [-0.1, -0.05) is 12.1 Å². The predicted octanol–water partition coefficient (Wildman–Crippen LogP) is 2.12. The Morgan fingerprint density at radius 2 is 2.14 bits per heavy atom. The van der Waals surface area contributed by atoms with Crippen LogP contribution in [0.4, 0.5) is 5.69 Å². The van der Waals surface area contributed by atoms with Crippen molar-refractivity contribution in [3.05, 3.63) is 51.2 Å². The van der Waals surface area contributed by atoms with E-state index >= 15 is 0 Å². The number of carbonyl (C=O) groups is 1. The highest BCUT2D eigenvalue weighted by atomic mass is 32.1. The van der Waals surface area contributed by atoms with Crippen molar-refractivity contribution in [3.8, 4) is 0 Å². The van der Waals surface area contributed by atoms with Gasteiger partial charge in [-0.2, -0.15) is 0 Å². The number of rotatable bonds is 2. The van der Waals surface area contributed by atoms with Crippen LogP contribution in [0.15, 0.2) is 35.5 Å². The van der Waals surface area contributed by atoms with Gasteiger partial charge in [0.2, 0.25) is 0 Å². The first-order chi connectivity index (χ1) is 10.1. The molecule has 0 bridgehead atoms. The van der Waals surface area contributed by atoms with Gasteiger partial charge in [0.05, 0.1) is 11.0 Å². The lowest BCUT2D eigenvalue weighted by Gasteiger charge is -2.33. The van der Waals surface area contributed by atoms with Gasteiger partial charge in [0.15, 0.2) is 10.9 Å². The van der Waals surface area contributed by atoms with Crippen LogP contribution in [0, 0.1) is 10.1 Å². The lowest BCUT2D eigenvalue weighted by atomic mass is 9.85. The summed E-state index contributed by atoms with van der Waals surface area (Å²) < 4.78 is 0. The molecule has 1 heterocycles. The van der Waals surface area contributed by atoms with Gasteiger partial charge in [-0.25, -0.2) is 0 Å². The smallest absolute Gasteiger partial charge is 0.269 e. The normalized spacial score (nSPS) is 21.4. The fourth-order valence-corrected chi connectivity index (χ4v) is 3.01. The van der Waals surface area contributed by atoms with E-state index in [9.17, 15) is 14.9 Å². The maximum absolute atomic E-state index is 12.2. The van der Waals surface area contributed by atoms with Crippen LogP contribution < -0.4 is 10.6 Å². The second-order valence-corrected chi connectivity index (χ2v) is 5.46. The van der Waals surface area contributed by atoms with Crippen LogP contribution in [-0.4, -0.2) is 15.8 Å². The number of ketones is 1. The van der Waals surface area contributed by atoms with Crippen LogP contribution in [0.5, 0.6) is 0 Å². The van der Waals surface area contributed by atoms with E-state index < -0.39 is 11.0 Å². The number of hydrogen-bond acceptors (Lipinski definition) is 4. The molecule has 21 heavy (non-hydrogen) atoms. The first-order valence-electron chi connectivity index (χ1n) is 6.64. The van der Waals surface area contributed by atoms with Gasteiger partial charge in [-0.15, -0.1) is 0 Å². The third-order valence-electron chi connectivity index (χ3n) is 3.70. The van der Waals surface area contributed by atoms with Crippen molar-refractivity contribution in [2.24, 2.45) is 0 Å². The Morgan fingerprint density at radius 3 is 2.90 bits per heavy atom. The van der Waals surface area contributed by atoms with E-state index in [-0.39, 0.29) is 11.5 Å². The molecule has 1 atom stereocenters. The molecule has 1 aliphatic heterocycles. The van der Waals surface area contributed by atoms with Crippen molar-refractivity contribution in [1.82, 2.24) is 10.6 Å². The minimum Gasteiger partial charge on any atom is -0.351 e. The van der Waals surface area contributed by atoms with Crippen LogP contribution in [0.25, 0.3) is 0 Å². The molecule has 0 spiro atoms. The van der Waals surface area contributed by atoms with Crippen molar-refractivity contribution in [1.29, 1.82) is 0 Å². The maximum atomic E-state index is 12.2. The summed E-state index contributed by atoms with van der Waals surface area (Å²) in [5.41, 5.74) is 2.17. The van der Waals surface area contributed by atoms with Crippen molar-refractivity contribution in [2.75, 3.05) is 0 Å². The van der Waals surface area contributed by atoms with E-state index in [0.717, 1.165) is 18.5 Å². The standard InChI is InChI=1S/C14H13N3O3S/c18-11-6-2-5-10-12(11)13(16-14(21)15-10)8-3-1-4-9(7-8)17(19)20/h1,3-4,7,13H,2,5-6H2,(H2,15,16,21).